The fourth-order valence-electron chi connectivity index (χ4n) is 7.42. The lowest BCUT2D eigenvalue weighted by molar-refractivity contribution is 0.0339. The zero-order chi connectivity index (χ0) is 23.7. The highest BCUT2D eigenvalue weighted by atomic mass is 79.9. The minimum Gasteiger partial charge on any atom is -0.507 e. The molecule has 6 rings (SSSR count). The molecule has 4 fully saturated rings. The highest BCUT2D eigenvalue weighted by molar-refractivity contribution is 9.10. The molecule has 33 heavy (non-hydrogen) atoms. The van der Waals surface area contributed by atoms with Crippen molar-refractivity contribution >= 4 is 33.7 Å². The molecule has 3 nitrogen and oxygen atoms in total. The average Bonchev–Trinajstić information content (AvgIpc) is 2.74. The van der Waals surface area contributed by atoms with E-state index in [1.165, 1.54) is 19.3 Å². The molecule has 0 aliphatic heterocycles. The highest BCUT2D eigenvalue weighted by Crippen LogP contribution is 2.73. The quantitative estimate of drug-likeness (QED) is 0.396. The van der Waals surface area contributed by atoms with Crippen LogP contribution >= 0.6 is 23.1 Å². The van der Waals surface area contributed by atoms with Gasteiger partial charge < -0.3 is 14.8 Å². The predicted octanol–water partition coefficient (Wildman–Crippen LogP) is 7.39. The van der Waals surface area contributed by atoms with Gasteiger partial charge in [-0.1, -0.05) is 33.8 Å². The Labute approximate surface area is 206 Å². The van der Waals surface area contributed by atoms with Gasteiger partial charge in [0.15, 0.2) is 7.14 Å². The van der Waals surface area contributed by atoms with E-state index in [4.69, 9.17) is 0 Å². The molecule has 4 saturated carbocycles. The van der Waals surface area contributed by atoms with E-state index in [-0.39, 0.29) is 28.5 Å². The molecule has 1 atom stereocenters. The first-order chi connectivity index (χ1) is 15.5. The molecule has 0 saturated heterocycles. The van der Waals surface area contributed by atoms with Crippen LogP contribution in [0.3, 0.4) is 0 Å². The number of aromatic hydroxyl groups is 2. The minimum atomic E-state index is -3.39. The topological polar surface area (TPSA) is 57.5 Å². The Bertz CT molecular complexity index is 1100. The summed E-state index contributed by atoms with van der Waals surface area (Å²) >= 11 is 3.56. The highest BCUT2D eigenvalue weighted by Gasteiger charge is 2.61. The Morgan fingerprint density at radius 3 is 1.88 bits per heavy atom. The van der Waals surface area contributed by atoms with Crippen molar-refractivity contribution in [3.63, 3.8) is 0 Å². The number of phenolic OH excluding ortho intramolecular Hbond substituents is 2. The van der Waals surface area contributed by atoms with E-state index in [2.05, 4.69) is 43.6 Å². The Morgan fingerprint density at radius 1 is 0.848 bits per heavy atom. The summed E-state index contributed by atoms with van der Waals surface area (Å²) < 4.78 is 16.5. The lowest BCUT2D eigenvalue weighted by Gasteiger charge is -2.59. The molecule has 5 heteroatoms. The van der Waals surface area contributed by atoms with Crippen LogP contribution in [0.5, 0.6) is 11.5 Å². The van der Waals surface area contributed by atoms with E-state index in [9.17, 15) is 10.2 Å². The van der Waals surface area contributed by atoms with Crippen molar-refractivity contribution in [3.05, 3.63) is 45.9 Å². The number of hydrogen-bond donors (Lipinski definition) is 2. The van der Waals surface area contributed by atoms with Crippen LogP contribution in [0.25, 0.3) is 0 Å². The smallest absolute Gasteiger partial charge is 0.156 e. The Morgan fingerprint density at radius 2 is 1.36 bits per heavy atom. The largest absolute Gasteiger partial charge is 0.507 e. The van der Waals surface area contributed by atoms with Gasteiger partial charge in [0, 0.05) is 5.16 Å². The third-order valence-corrected chi connectivity index (χ3v) is 13.3. The van der Waals surface area contributed by atoms with Crippen molar-refractivity contribution in [2.45, 2.75) is 83.2 Å². The lowest BCUT2D eigenvalue weighted by atomic mass is 9.56. The number of hydrogen-bond acceptors (Lipinski definition) is 3. The summed E-state index contributed by atoms with van der Waals surface area (Å²) in [5, 5.41) is 23.3. The molecule has 4 aliphatic carbocycles. The summed E-state index contributed by atoms with van der Waals surface area (Å²) in [5.41, 5.74) is 2.13. The van der Waals surface area contributed by atoms with E-state index < -0.39 is 7.14 Å². The summed E-state index contributed by atoms with van der Waals surface area (Å²) in [6, 6.07) is 9.56. The van der Waals surface area contributed by atoms with Crippen molar-refractivity contribution in [1.29, 1.82) is 0 Å². The van der Waals surface area contributed by atoms with Gasteiger partial charge in [-0.3, -0.25) is 0 Å². The zero-order valence-electron chi connectivity index (χ0n) is 20.1. The Balaban J connectivity index is 1.82. The standard InChI is InChI=1S/C28H36BrO3P/c1-16(2)21-5-6-24(30)25(11-21)33(32,26-12-22(17(3)4)10-23(29)27(26)31)28-13-18-7-19(14-28)9-20(8-18)15-28/h5-6,10-12,16-20,30-31H,7-9,13-15H2,1-4H3/t18?,19?,20?,28?,33-/m1/s1. The molecule has 4 aliphatic rings. The first kappa shape index (κ1) is 23.5. The van der Waals surface area contributed by atoms with Crippen molar-refractivity contribution in [1.82, 2.24) is 0 Å². The molecule has 178 valence electrons. The van der Waals surface area contributed by atoms with Crippen molar-refractivity contribution in [2.75, 3.05) is 0 Å². The zero-order valence-corrected chi connectivity index (χ0v) is 22.6. The third kappa shape index (κ3) is 3.62. The molecule has 4 bridgehead atoms. The van der Waals surface area contributed by atoms with E-state index in [1.807, 2.05) is 24.3 Å². The predicted molar refractivity (Wildman–Crippen MR) is 140 cm³/mol. The molecule has 0 amide bonds. The maximum Gasteiger partial charge on any atom is 0.156 e. The SMILES string of the molecule is CC(C)c1ccc(O)c([P@@](=O)(c2cc(C(C)C)cc(Br)c2O)C23CC4CC(CC(C4)C2)C3)c1. The molecule has 0 heterocycles. The molecule has 2 aromatic carbocycles. The van der Waals surface area contributed by atoms with Gasteiger partial charge in [0.05, 0.1) is 15.1 Å². The van der Waals surface area contributed by atoms with Gasteiger partial charge in [0.25, 0.3) is 0 Å². The molecular weight excluding hydrogens is 495 g/mol. The second-order valence-electron chi connectivity index (χ2n) is 11.7. The third-order valence-electron chi connectivity index (χ3n) is 8.75. The number of halogens is 1. The number of phenols is 2. The van der Waals surface area contributed by atoms with Crippen LogP contribution in [0.4, 0.5) is 0 Å². The van der Waals surface area contributed by atoms with Gasteiger partial charge in [-0.25, -0.2) is 0 Å². The molecule has 2 N–H and O–H groups in total. The van der Waals surface area contributed by atoms with E-state index in [1.54, 1.807) is 6.07 Å². The maximum absolute atomic E-state index is 15.9. The van der Waals surface area contributed by atoms with Crippen LogP contribution in [0.1, 0.15) is 89.2 Å². The Hall–Kier alpha value is -1.25. The summed E-state index contributed by atoms with van der Waals surface area (Å²) in [5.74, 6) is 2.51. The second-order valence-corrected chi connectivity index (χ2v) is 15.7. The van der Waals surface area contributed by atoms with Crippen LogP contribution < -0.4 is 10.6 Å². The summed E-state index contributed by atoms with van der Waals surface area (Å²) in [6.07, 6.45) is 6.55. The molecule has 2 aromatic rings. The van der Waals surface area contributed by atoms with Gasteiger partial charge in [0.1, 0.15) is 11.5 Å². The maximum atomic E-state index is 15.9. The summed E-state index contributed by atoms with van der Waals surface area (Å²) in [6.45, 7) is 8.49. The van der Waals surface area contributed by atoms with E-state index in [0.717, 1.165) is 30.4 Å². The first-order valence-electron chi connectivity index (χ1n) is 12.5. The first-order valence-corrected chi connectivity index (χ1v) is 15.0. The fourth-order valence-corrected chi connectivity index (χ4v) is 12.4. The molecule has 0 radical (unpaired) electrons. The van der Waals surface area contributed by atoms with Crippen molar-refractivity contribution in [3.8, 4) is 11.5 Å². The van der Waals surface area contributed by atoms with Gasteiger partial charge in [-0.2, -0.15) is 0 Å². The van der Waals surface area contributed by atoms with Gasteiger partial charge in [-0.15, -0.1) is 0 Å². The minimum absolute atomic E-state index is 0.0767. The van der Waals surface area contributed by atoms with Gasteiger partial charge in [0.2, 0.25) is 0 Å². The number of rotatable bonds is 5. The molecule has 0 unspecified atom stereocenters. The van der Waals surface area contributed by atoms with Crippen LogP contribution in [0, 0.1) is 17.8 Å². The average molecular weight is 531 g/mol. The van der Waals surface area contributed by atoms with Crippen LogP contribution in [-0.4, -0.2) is 15.4 Å². The van der Waals surface area contributed by atoms with Crippen LogP contribution in [0.2, 0.25) is 0 Å². The normalized spacial score (nSPS) is 30.2. The monoisotopic (exact) mass is 530 g/mol. The second kappa shape index (κ2) is 8.16. The lowest BCUT2D eigenvalue weighted by Crippen LogP contribution is -2.53. The van der Waals surface area contributed by atoms with Crippen molar-refractivity contribution in [2.24, 2.45) is 17.8 Å². The molecule has 0 aromatic heterocycles. The van der Waals surface area contributed by atoms with E-state index >= 15 is 4.57 Å². The van der Waals surface area contributed by atoms with Crippen LogP contribution in [-0.2, 0) is 4.57 Å². The molecule has 0 spiro atoms. The molecular formula is C28H36BrO3P. The summed E-state index contributed by atoms with van der Waals surface area (Å²) in [7, 11) is -3.39. The van der Waals surface area contributed by atoms with Crippen molar-refractivity contribution < 1.29 is 14.8 Å². The Kier molecular flexibility index (Phi) is 5.81. The van der Waals surface area contributed by atoms with Crippen LogP contribution in [0.15, 0.2) is 34.8 Å². The van der Waals surface area contributed by atoms with E-state index in [0.29, 0.717) is 32.8 Å². The van der Waals surface area contributed by atoms with Gasteiger partial charge in [-0.05, 0) is 119 Å². The fraction of sp³-hybridized carbons (Fsp3) is 0.571. The summed E-state index contributed by atoms with van der Waals surface area (Å²) in [4.78, 5) is 0. The number of benzene rings is 2. The van der Waals surface area contributed by atoms with Gasteiger partial charge >= 0.3 is 0 Å².